The number of aliphatic carboxylic acids is 1. The molecule has 2 heterocycles. The van der Waals surface area contributed by atoms with Crippen molar-refractivity contribution in [1.29, 1.82) is 0 Å². The van der Waals surface area contributed by atoms with Crippen LogP contribution in [-0.2, 0) is 20.8 Å². The minimum Gasteiger partial charge on any atom is -0.497 e. The Kier molecular flexibility index (Phi) is 9.55. The van der Waals surface area contributed by atoms with Gasteiger partial charge in [-0.05, 0) is 43.2 Å². The van der Waals surface area contributed by atoms with Crippen LogP contribution < -0.4 is 9.47 Å². The van der Waals surface area contributed by atoms with Gasteiger partial charge in [-0.3, -0.25) is 14.4 Å². The summed E-state index contributed by atoms with van der Waals surface area (Å²) in [6.07, 6.45) is 7.25. The zero-order valence-electron chi connectivity index (χ0n) is 25.3. The van der Waals surface area contributed by atoms with Crippen LogP contribution in [0.25, 0.3) is 11.0 Å². The zero-order valence-corrected chi connectivity index (χ0v) is 25.3. The third-order valence-electron chi connectivity index (χ3n) is 8.61. The first kappa shape index (κ1) is 30.7. The third-order valence-corrected chi connectivity index (χ3v) is 8.61. The van der Waals surface area contributed by atoms with Gasteiger partial charge in [0.1, 0.15) is 17.5 Å². The monoisotopic (exact) mass is 567 g/mol. The number of rotatable bonds is 13. The van der Waals surface area contributed by atoms with Gasteiger partial charge in [-0.1, -0.05) is 59.8 Å². The van der Waals surface area contributed by atoms with E-state index in [1.54, 1.807) is 7.11 Å². The average Bonchev–Trinajstić information content (AvgIpc) is 3.67. The summed E-state index contributed by atoms with van der Waals surface area (Å²) >= 11 is 0. The number of aryl methyl sites for hydroxylation is 1. The number of amides is 1. The summed E-state index contributed by atoms with van der Waals surface area (Å²) in [4.78, 5) is 49.5. The molecule has 1 aromatic heterocycles. The van der Waals surface area contributed by atoms with Gasteiger partial charge in [-0.25, -0.2) is 9.97 Å². The highest BCUT2D eigenvalue weighted by molar-refractivity contribution is 5.91. The molecule has 0 bridgehead atoms. The molecule has 1 amide bonds. The molecule has 2 aromatic rings. The fourth-order valence-corrected chi connectivity index (χ4v) is 5.95. The van der Waals surface area contributed by atoms with E-state index in [2.05, 4.69) is 0 Å². The molecule has 0 spiro atoms. The molecule has 2 aliphatic rings. The van der Waals surface area contributed by atoms with Crippen molar-refractivity contribution in [2.75, 3.05) is 13.7 Å². The summed E-state index contributed by atoms with van der Waals surface area (Å²) in [6.45, 7) is 9.11. The molecule has 4 rings (SSSR count). The van der Waals surface area contributed by atoms with Crippen LogP contribution in [0.3, 0.4) is 0 Å². The molecule has 1 aromatic carbocycles. The molecule has 0 radical (unpaired) electrons. The summed E-state index contributed by atoms with van der Waals surface area (Å²) in [6, 6.07) is 4.87. The second-order valence-electron chi connectivity index (χ2n) is 13.0. The van der Waals surface area contributed by atoms with Crippen molar-refractivity contribution < 1.29 is 29.0 Å². The lowest BCUT2D eigenvalue weighted by atomic mass is 9.77. The SMILES string of the molecule is COc1ccc2nc(CCCCCC3CC3)c(O[C@H]3CN(C(=O)[C@@H](CC(=O)O)C(C)(C)C)[C@H](C(C)=O)[C@@H]3C)nc2c1. The van der Waals surface area contributed by atoms with E-state index in [0.717, 1.165) is 36.4 Å². The second kappa shape index (κ2) is 12.7. The normalized spacial score (nSPS) is 21.6. The summed E-state index contributed by atoms with van der Waals surface area (Å²) < 4.78 is 11.9. The number of hydrogen-bond acceptors (Lipinski definition) is 7. The van der Waals surface area contributed by atoms with Gasteiger partial charge in [-0.2, -0.15) is 0 Å². The van der Waals surface area contributed by atoms with Crippen molar-refractivity contribution in [2.24, 2.45) is 23.2 Å². The van der Waals surface area contributed by atoms with E-state index in [0.29, 0.717) is 17.1 Å². The molecule has 2 fully saturated rings. The Labute approximate surface area is 243 Å². The summed E-state index contributed by atoms with van der Waals surface area (Å²) in [5.41, 5.74) is 1.58. The van der Waals surface area contributed by atoms with Crippen molar-refractivity contribution in [1.82, 2.24) is 14.9 Å². The molecule has 1 N–H and O–H groups in total. The Hall–Kier alpha value is -3.23. The number of aromatic nitrogens is 2. The molecule has 1 aliphatic heterocycles. The molecule has 224 valence electrons. The van der Waals surface area contributed by atoms with Crippen molar-refractivity contribution in [3.8, 4) is 11.6 Å². The maximum atomic E-state index is 13.8. The number of carboxylic acids is 1. The number of ether oxygens (including phenoxy) is 2. The van der Waals surface area contributed by atoms with Crippen LogP contribution in [0.1, 0.15) is 85.3 Å². The van der Waals surface area contributed by atoms with Crippen LogP contribution in [0, 0.1) is 23.2 Å². The van der Waals surface area contributed by atoms with E-state index in [4.69, 9.17) is 19.4 Å². The average molecular weight is 568 g/mol. The number of ketones is 1. The van der Waals surface area contributed by atoms with Gasteiger partial charge in [0.25, 0.3) is 0 Å². The van der Waals surface area contributed by atoms with E-state index < -0.39 is 29.4 Å². The molecule has 4 atom stereocenters. The first-order valence-electron chi connectivity index (χ1n) is 14.9. The van der Waals surface area contributed by atoms with Gasteiger partial charge < -0.3 is 19.5 Å². The third kappa shape index (κ3) is 7.54. The lowest BCUT2D eigenvalue weighted by Crippen LogP contribution is -2.48. The number of fused-ring (bicyclic) bond motifs is 1. The maximum absolute atomic E-state index is 13.8. The Morgan fingerprint density at radius 3 is 2.44 bits per heavy atom. The van der Waals surface area contributed by atoms with E-state index >= 15 is 0 Å². The van der Waals surface area contributed by atoms with Gasteiger partial charge in [0.2, 0.25) is 11.8 Å². The second-order valence-corrected chi connectivity index (χ2v) is 13.0. The fourth-order valence-electron chi connectivity index (χ4n) is 5.95. The predicted octanol–water partition coefficient (Wildman–Crippen LogP) is 5.47. The summed E-state index contributed by atoms with van der Waals surface area (Å²) in [7, 11) is 1.60. The lowest BCUT2D eigenvalue weighted by molar-refractivity contribution is -0.150. The van der Waals surface area contributed by atoms with E-state index in [1.807, 2.05) is 45.9 Å². The standard InChI is InChI=1S/C32H45N3O6/c1-19-27(18-35(29(19)20(2)36)31(39)23(17-28(37)38)32(3,4)5)41-30-25(11-9-7-8-10-21-12-13-21)33-24-15-14-22(40-6)16-26(24)34-30/h14-16,19,21,23,27,29H,7-13,17-18H2,1-6H3,(H,37,38)/t19-,23-,27+,29+/m1/s1. The Balaban J connectivity index is 1.60. The number of carbonyl (C=O) groups excluding carboxylic acids is 2. The number of carbonyl (C=O) groups is 3. The molecule has 0 unspecified atom stereocenters. The first-order chi connectivity index (χ1) is 19.4. The Morgan fingerprint density at radius 1 is 1.10 bits per heavy atom. The minimum absolute atomic E-state index is 0.148. The zero-order chi connectivity index (χ0) is 29.9. The molecule has 41 heavy (non-hydrogen) atoms. The van der Waals surface area contributed by atoms with Gasteiger partial charge in [-0.15, -0.1) is 0 Å². The number of methoxy groups -OCH3 is 1. The van der Waals surface area contributed by atoms with Gasteiger partial charge in [0, 0.05) is 12.0 Å². The number of nitrogens with zero attached hydrogens (tertiary/aromatic N) is 3. The van der Waals surface area contributed by atoms with Crippen molar-refractivity contribution in [3.05, 3.63) is 23.9 Å². The van der Waals surface area contributed by atoms with Crippen LogP contribution in [0.15, 0.2) is 18.2 Å². The van der Waals surface area contributed by atoms with Crippen molar-refractivity contribution in [3.63, 3.8) is 0 Å². The van der Waals surface area contributed by atoms with E-state index in [9.17, 15) is 19.5 Å². The topological polar surface area (TPSA) is 119 Å². The molecular formula is C32H45N3O6. The number of unbranched alkanes of at least 4 members (excludes halogenated alkanes) is 2. The van der Waals surface area contributed by atoms with Gasteiger partial charge in [0.15, 0.2) is 5.78 Å². The van der Waals surface area contributed by atoms with Crippen LogP contribution in [-0.4, -0.2) is 63.4 Å². The Morgan fingerprint density at radius 2 is 1.83 bits per heavy atom. The molecular weight excluding hydrogens is 522 g/mol. The molecule has 1 aliphatic carbocycles. The minimum atomic E-state index is -1.04. The first-order valence-corrected chi connectivity index (χ1v) is 14.9. The lowest BCUT2D eigenvalue weighted by Gasteiger charge is -2.34. The highest BCUT2D eigenvalue weighted by atomic mass is 16.5. The predicted molar refractivity (Wildman–Crippen MR) is 156 cm³/mol. The van der Waals surface area contributed by atoms with E-state index in [1.165, 1.54) is 37.5 Å². The molecule has 9 heteroatoms. The highest BCUT2D eigenvalue weighted by Crippen LogP contribution is 2.37. The quantitative estimate of drug-likeness (QED) is 0.317. The largest absolute Gasteiger partial charge is 0.497 e. The number of benzene rings is 1. The smallest absolute Gasteiger partial charge is 0.304 e. The van der Waals surface area contributed by atoms with Gasteiger partial charge >= 0.3 is 5.97 Å². The van der Waals surface area contributed by atoms with Crippen molar-refractivity contribution in [2.45, 2.75) is 98.1 Å². The van der Waals surface area contributed by atoms with Crippen molar-refractivity contribution >= 4 is 28.7 Å². The number of likely N-dealkylation sites (tertiary alicyclic amines) is 1. The van der Waals surface area contributed by atoms with Crippen LogP contribution >= 0.6 is 0 Å². The van der Waals surface area contributed by atoms with Crippen LogP contribution in [0.5, 0.6) is 11.6 Å². The summed E-state index contributed by atoms with van der Waals surface area (Å²) in [5.74, 6) is -0.599. The number of hydrogen-bond donors (Lipinski definition) is 1. The molecule has 1 saturated carbocycles. The molecule has 1 saturated heterocycles. The van der Waals surface area contributed by atoms with Gasteiger partial charge in [0.05, 0.1) is 43.1 Å². The molecule has 9 nitrogen and oxygen atoms in total. The maximum Gasteiger partial charge on any atom is 0.304 e. The highest BCUT2D eigenvalue weighted by Gasteiger charge is 2.48. The summed E-state index contributed by atoms with van der Waals surface area (Å²) in [5, 5.41) is 9.52. The fraction of sp³-hybridized carbons (Fsp3) is 0.656. The number of Topliss-reactive ketones (excluding diaryl/α,β-unsaturated/α-hetero) is 1. The van der Waals surface area contributed by atoms with Crippen LogP contribution in [0.2, 0.25) is 0 Å². The van der Waals surface area contributed by atoms with E-state index in [-0.39, 0.29) is 30.6 Å². The van der Waals surface area contributed by atoms with Crippen LogP contribution in [0.4, 0.5) is 0 Å². The number of carboxylic acid groups (broad SMARTS) is 1. The Bertz CT molecular complexity index is 1270.